The van der Waals surface area contributed by atoms with E-state index < -0.39 is 0 Å². The molecule has 0 saturated carbocycles. The van der Waals surface area contributed by atoms with Crippen LogP contribution in [0.5, 0.6) is 0 Å². The number of hydrogen-bond donors (Lipinski definition) is 2. The standard InChI is InChI=1S/C8H13N3O/c1-2-12-5-8(10-1)3-7-4-9-6-11-7/h4,6,8,10H,1-3,5H2,(H,9,11). The van der Waals surface area contributed by atoms with Crippen LogP contribution < -0.4 is 5.32 Å². The van der Waals surface area contributed by atoms with E-state index in [0.717, 1.165) is 31.9 Å². The molecule has 1 aromatic heterocycles. The third kappa shape index (κ3) is 1.84. The number of nitrogens with one attached hydrogen (secondary N) is 2. The Hall–Kier alpha value is -0.870. The van der Waals surface area contributed by atoms with Gasteiger partial charge in [0.05, 0.1) is 19.5 Å². The van der Waals surface area contributed by atoms with E-state index in [2.05, 4.69) is 15.3 Å². The smallest absolute Gasteiger partial charge is 0.0921 e. The fourth-order valence-corrected chi connectivity index (χ4v) is 1.41. The zero-order valence-corrected chi connectivity index (χ0v) is 6.92. The van der Waals surface area contributed by atoms with Gasteiger partial charge in [-0.25, -0.2) is 4.98 Å². The zero-order valence-electron chi connectivity index (χ0n) is 6.92. The van der Waals surface area contributed by atoms with Gasteiger partial charge in [0.15, 0.2) is 0 Å². The van der Waals surface area contributed by atoms with Crippen LogP contribution in [0.25, 0.3) is 0 Å². The highest BCUT2D eigenvalue weighted by Gasteiger charge is 2.13. The summed E-state index contributed by atoms with van der Waals surface area (Å²) < 4.78 is 5.33. The van der Waals surface area contributed by atoms with E-state index in [1.165, 1.54) is 0 Å². The number of rotatable bonds is 2. The largest absolute Gasteiger partial charge is 0.379 e. The SMILES string of the molecule is c1ncc(CC2COCCN2)[nH]1. The van der Waals surface area contributed by atoms with E-state index in [1.807, 2.05) is 6.20 Å². The summed E-state index contributed by atoms with van der Waals surface area (Å²) in [5.74, 6) is 0. The first kappa shape index (κ1) is 7.76. The number of aromatic amines is 1. The highest BCUT2D eigenvalue weighted by molar-refractivity contribution is 4.97. The fourth-order valence-electron chi connectivity index (χ4n) is 1.41. The van der Waals surface area contributed by atoms with Crippen LogP contribution in [0.15, 0.2) is 12.5 Å². The van der Waals surface area contributed by atoms with Crippen molar-refractivity contribution in [2.24, 2.45) is 0 Å². The Kier molecular flexibility index (Phi) is 2.39. The minimum atomic E-state index is 0.444. The number of nitrogens with zero attached hydrogens (tertiary/aromatic N) is 1. The lowest BCUT2D eigenvalue weighted by atomic mass is 10.1. The first-order chi connectivity index (χ1) is 5.95. The van der Waals surface area contributed by atoms with Gasteiger partial charge in [0.1, 0.15) is 0 Å². The van der Waals surface area contributed by atoms with E-state index >= 15 is 0 Å². The van der Waals surface area contributed by atoms with Crippen LogP contribution in [-0.4, -0.2) is 35.8 Å². The molecule has 1 aliphatic rings. The van der Waals surface area contributed by atoms with Crippen LogP contribution in [0.4, 0.5) is 0 Å². The first-order valence-corrected chi connectivity index (χ1v) is 4.23. The molecule has 2 N–H and O–H groups in total. The molecular weight excluding hydrogens is 154 g/mol. The average Bonchev–Trinajstić information content (AvgIpc) is 2.59. The maximum atomic E-state index is 5.33. The molecule has 0 aromatic carbocycles. The highest BCUT2D eigenvalue weighted by Crippen LogP contribution is 2.01. The van der Waals surface area contributed by atoms with Gasteiger partial charge in [-0.15, -0.1) is 0 Å². The van der Waals surface area contributed by atoms with Crippen LogP contribution in [0.3, 0.4) is 0 Å². The molecule has 0 amide bonds. The number of H-pyrrole nitrogens is 1. The van der Waals surface area contributed by atoms with Crippen LogP contribution in [0.2, 0.25) is 0 Å². The normalized spacial score (nSPS) is 24.2. The van der Waals surface area contributed by atoms with Crippen molar-refractivity contribution < 1.29 is 4.74 Å². The second-order valence-corrected chi connectivity index (χ2v) is 3.01. The molecular formula is C8H13N3O. The van der Waals surface area contributed by atoms with Gasteiger partial charge in [0.25, 0.3) is 0 Å². The summed E-state index contributed by atoms with van der Waals surface area (Å²) in [6, 6.07) is 0.444. The van der Waals surface area contributed by atoms with Crippen molar-refractivity contribution in [3.63, 3.8) is 0 Å². The summed E-state index contributed by atoms with van der Waals surface area (Å²) in [6.07, 6.45) is 4.54. The quantitative estimate of drug-likeness (QED) is 0.649. The van der Waals surface area contributed by atoms with Crippen LogP contribution >= 0.6 is 0 Å². The molecule has 1 fully saturated rings. The summed E-state index contributed by atoms with van der Waals surface area (Å²) in [6.45, 7) is 2.59. The van der Waals surface area contributed by atoms with Crippen LogP contribution in [-0.2, 0) is 11.2 Å². The predicted octanol–water partition coefficient (Wildman–Crippen LogP) is -0.0594. The second kappa shape index (κ2) is 3.69. The molecule has 0 radical (unpaired) electrons. The van der Waals surface area contributed by atoms with Crippen molar-refractivity contribution in [3.8, 4) is 0 Å². The Balaban J connectivity index is 1.86. The number of morpholine rings is 1. The summed E-state index contributed by atoms with van der Waals surface area (Å²) >= 11 is 0. The number of hydrogen-bond acceptors (Lipinski definition) is 3. The van der Waals surface area contributed by atoms with E-state index in [0.29, 0.717) is 6.04 Å². The van der Waals surface area contributed by atoms with Gasteiger partial charge in [0, 0.05) is 30.9 Å². The summed E-state index contributed by atoms with van der Waals surface area (Å²) in [5.41, 5.74) is 1.16. The molecule has 66 valence electrons. The van der Waals surface area contributed by atoms with Crippen molar-refractivity contribution >= 4 is 0 Å². The Morgan fingerprint density at radius 1 is 1.67 bits per heavy atom. The highest BCUT2D eigenvalue weighted by atomic mass is 16.5. The molecule has 0 aliphatic carbocycles. The Labute approximate surface area is 71.3 Å². The minimum Gasteiger partial charge on any atom is -0.379 e. The van der Waals surface area contributed by atoms with Gasteiger partial charge in [-0.2, -0.15) is 0 Å². The second-order valence-electron chi connectivity index (χ2n) is 3.01. The van der Waals surface area contributed by atoms with Gasteiger partial charge in [-0.05, 0) is 0 Å². The Bertz CT molecular complexity index is 216. The summed E-state index contributed by atoms with van der Waals surface area (Å²) in [4.78, 5) is 7.04. The molecule has 1 saturated heterocycles. The van der Waals surface area contributed by atoms with E-state index in [4.69, 9.17) is 4.74 Å². The topological polar surface area (TPSA) is 49.9 Å². The fraction of sp³-hybridized carbons (Fsp3) is 0.625. The molecule has 12 heavy (non-hydrogen) atoms. The lowest BCUT2D eigenvalue weighted by Gasteiger charge is -2.22. The third-order valence-electron chi connectivity index (χ3n) is 2.02. The summed E-state index contributed by atoms with van der Waals surface area (Å²) in [5, 5.41) is 3.38. The van der Waals surface area contributed by atoms with Crippen molar-refractivity contribution in [3.05, 3.63) is 18.2 Å². The summed E-state index contributed by atoms with van der Waals surface area (Å²) in [7, 11) is 0. The van der Waals surface area contributed by atoms with Gasteiger partial charge in [-0.3, -0.25) is 0 Å². The van der Waals surface area contributed by atoms with Gasteiger partial charge in [-0.1, -0.05) is 0 Å². The molecule has 1 aliphatic heterocycles. The lowest BCUT2D eigenvalue weighted by molar-refractivity contribution is 0.0767. The maximum absolute atomic E-state index is 5.33. The van der Waals surface area contributed by atoms with Crippen molar-refractivity contribution in [2.45, 2.75) is 12.5 Å². The number of imidazole rings is 1. The maximum Gasteiger partial charge on any atom is 0.0921 e. The van der Waals surface area contributed by atoms with Crippen molar-refractivity contribution in [1.29, 1.82) is 0 Å². The zero-order chi connectivity index (χ0) is 8.23. The minimum absolute atomic E-state index is 0.444. The van der Waals surface area contributed by atoms with Gasteiger partial charge in [0.2, 0.25) is 0 Å². The lowest BCUT2D eigenvalue weighted by Crippen LogP contribution is -2.42. The molecule has 4 nitrogen and oxygen atoms in total. The Morgan fingerprint density at radius 3 is 3.33 bits per heavy atom. The molecule has 2 heterocycles. The van der Waals surface area contributed by atoms with Crippen molar-refractivity contribution in [2.75, 3.05) is 19.8 Å². The molecule has 1 unspecified atom stereocenters. The van der Waals surface area contributed by atoms with E-state index in [-0.39, 0.29) is 0 Å². The number of ether oxygens (including phenoxy) is 1. The van der Waals surface area contributed by atoms with Crippen LogP contribution in [0.1, 0.15) is 5.69 Å². The van der Waals surface area contributed by atoms with Crippen molar-refractivity contribution in [1.82, 2.24) is 15.3 Å². The molecule has 2 rings (SSSR count). The van der Waals surface area contributed by atoms with Gasteiger partial charge < -0.3 is 15.0 Å². The molecule has 0 spiro atoms. The third-order valence-corrected chi connectivity index (χ3v) is 2.02. The first-order valence-electron chi connectivity index (χ1n) is 4.23. The average molecular weight is 167 g/mol. The molecule has 4 heteroatoms. The predicted molar refractivity (Wildman–Crippen MR) is 44.9 cm³/mol. The number of aromatic nitrogens is 2. The van der Waals surface area contributed by atoms with E-state index in [1.54, 1.807) is 6.33 Å². The van der Waals surface area contributed by atoms with Crippen LogP contribution in [0, 0.1) is 0 Å². The Morgan fingerprint density at radius 2 is 2.67 bits per heavy atom. The monoisotopic (exact) mass is 167 g/mol. The van der Waals surface area contributed by atoms with E-state index in [9.17, 15) is 0 Å². The molecule has 1 atom stereocenters. The molecule has 0 bridgehead atoms. The van der Waals surface area contributed by atoms with Gasteiger partial charge >= 0.3 is 0 Å². The molecule has 1 aromatic rings.